The Kier molecular flexibility index (Phi) is 7.12. The predicted molar refractivity (Wildman–Crippen MR) is 103 cm³/mol. The van der Waals surface area contributed by atoms with Crippen molar-refractivity contribution in [3.8, 4) is 5.75 Å². The molecular weight excluding hydrogens is 409 g/mol. The number of ether oxygens (including phenoxy) is 1. The third-order valence-electron chi connectivity index (χ3n) is 3.83. The number of carbonyl (C=O) groups is 1. The molecule has 0 saturated carbocycles. The van der Waals surface area contributed by atoms with Crippen molar-refractivity contribution in [2.75, 3.05) is 10.5 Å². The Bertz CT molecular complexity index is 945. The number of rotatable bonds is 8. The van der Waals surface area contributed by atoms with E-state index >= 15 is 0 Å². The summed E-state index contributed by atoms with van der Waals surface area (Å²) in [6.45, 7) is 3.41. The molecule has 10 heteroatoms. The Balaban J connectivity index is 2.05. The summed E-state index contributed by atoms with van der Waals surface area (Å²) < 4.78 is 66.6. The largest absolute Gasteiger partial charge is 0.573 e. The van der Waals surface area contributed by atoms with Crippen LogP contribution in [0.15, 0.2) is 48.5 Å². The third-order valence-corrected chi connectivity index (χ3v) is 5.32. The lowest BCUT2D eigenvalue weighted by Crippen LogP contribution is -2.26. The van der Waals surface area contributed by atoms with E-state index in [1.54, 1.807) is 19.9 Å². The second-order valence-electron chi connectivity index (χ2n) is 6.31. The highest BCUT2D eigenvalue weighted by Crippen LogP contribution is 2.24. The van der Waals surface area contributed by atoms with Gasteiger partial charge in [0.05, 0.1) is 11.8 Å². The van der Waals surface area contributed by atoms with Crippen LogP contribution in [0.5, 0.6) is 5.75 Å². The van der Waals surface area contributed by atoms with Crippen molar-refractivity contribution >= 4 is 21.6 Å². The zero-order chi connectivity index (χ0) is 21.7. The molecule has 1 amide bonds. The van der Waals surface area contributed by atoms with Crippen LogP contribution >= 0.6 is 0 Å². The van der Waals surface area contributed by atoms with Crippen molar-refractivity contribution in [3.05, 3.63) is 59.7 Å². The molecule has 0 bridgehead atoms. The van der Waals surface area contributed by atoms with Gasteiger partial charge in [0.25, 0.3) is 5.91 Å². The zero-order valence-electron chi connectivity index (χ0n) is 15.8. The highest BCUT2D eigenvalue weighted by Gasteiger charge is 2.31. The molecule has 0 aliphatic rings. The van der Waals surface area contributed by atoms with Crippen molar-refractivity contribution in [1.29, 1.82) is 0 Å². The van der Waals surface area contributed by atoms with Gasteiger partial charge in [0.2, 0.25) is 10.0 Å². The van der Waals surface area contributed by atoms with E-state index in [2.05, 4.69) is 14.8 Å². The molecule has 0 radical (unpaired) electrons. The van der Waals surface area contributed by atoms with Crippen LogP contribution in [0.2, 0.25) is 0 Å². The molecule has 1 unspecified atom stereocenters. The van der Waals surface area contributed by atoms with Crippen molar-refractivity contribution in [3.63, 3.8) is 0 Å². The van der Waals surface area contributed by atoms with Crippen LogP contribution in [0.4, 0.5) is 18.9 Å². The van der Waals surface area contributed by atoms with Crippen LogP contribution in [-0.4, -0.2) is 26.4 Å². The molecule has 6 nitrogen and oxygen atoms in total. The zero-order valence-corrected chi connectivity index (χ0v) is 16.6. The van der Waals surface area contributed by atoms with Gasteiger partial charge in [-0.1, -0.05) is 25.1 Å². The molecule has 0 heterocycles. The number of alkyl halides is 3. The standard InChI is InChI=1S/C19H21F3N2O4S/c1-3-11-29(26,27)24-16-6-4-5-15(12-16)18(25)23-13(2)14-7-9-17(10-8-14)28-19(20,21)22/h4-10,12-13,24H,3,11H2,1-2H3,(H,23,25). The summed E-state index contributed by atoms with van der Waals surface area (Å²) in [5, 5.41) is 2.72. The summed E-state index contributed by atoms with van der Waals surface area (Å²) >= 11 is 0. The van der Waals surface area contributed by atoms with E-state index in [1.807, 2.05) is 0 Å². The van der Waals surface area contributed by atoms with Crippen molar-refractivity contribution in [2.45, 2.75) is 32.7 Å². The summed E-state index contributed by atoms with van der Waals surface area (Å²) in [6, 6.07) is 10.7. The predicted octanol–water partition coefficient (Wildman–Crippen LogP) is 4.23. The summed E-state index contributed by atoms with van der Waals surface area (Å²) in [7, 11) is -3.48. The molecule has 2 aromatic carbocycles. The minimum absolute atomic E-state index is 0.0332. The molecule has 2 rings (SSSR count). The van der Waals surface area contributed by atoms with Crippen LogP contribution in [0.3, 0.4) is 0 Å². The van der Waals surface area contributed by atoms with Gasteiger partial charge in [-0.25, -0.2) is 8.42 Å². The van der Waals surface area contributed by atoms with E-state index in [9.17, 15) is 26.4 Å². The number of amides is 1. The van der Waals surface area contributed by atoms with E-state index in [1.165, 1.54) is 30.3 Å². The van der Waals surface area contributed by atoms with Crippen LogP contribution in [0, 0.1) is 0 Å². The highest BCUT2D eigenvalue weighted by atomic mass is 32.2. The summed E-state index contributed by atoms with van der Waals surface area (Å²) in [6.07, 6.45) is -4.31. The fourth-order valence-electron chi connectivity index (χ4n) is 2.54. The minimum atomic E-state index is -4.77. The van der Waals surface area contributed by atoms with Gasteiger partial charge in [-0.2, -0.15) is 0 Å². The number of hydrogen-bond donors (Lipinski definition) is 2. The van der Waals surface area contributed by atoms with Gasteiger partial charge in [-0.15, -0.1) is 13.2 Å². The Hall–Kier alpha value is -2.75. The van der Waals surface area contributed by atoms with Crippen molar-refractivity contribution in [2.24, 2.45) is 0 Å². The molecule has 158 valence electrons. The van der Waals surface area contributed by atoms with Crippen LogP contribution in [0.25, 0.3) is 0 Å². The van der Waals surface area contributed by atoms with Gasteiger partial charge in [0.1, 0.15) is 5.75 Å². The molecule has 0 aliphatic heterocycles. The monoisotopic (exact) mass is 430 g/mol. The summed E-state index contributed by atoms with van der Waals surface area (Å²) in [5.74, 6) is -0.842. The van der Waals surface area contributed by atoms with Crippen molar-refractivity contribution < 1.29 is 31.1 Å². The maximum Gasteiger partial charge on any atom is 0.573 e. The Morgan fingerprint density at radius 2 is 1.79 bits per heavy atom. The van der Waals surface area contributed by atoms with Gasteiger partial charge in [0, 0.05) is 11.3 Å². The second-order valence-corrected chi connectivity index (χ2v) is 8.16. The van der Waals surface area contributed by atoms with E-state index in [0.717, 1.165) is 12.1 Å². The fraction of sp³-hybridized carbons (Fsp3) is 0.316. The number of benzene rings is 2. The van der Waals surface area contributed by atoms with Gasteiger partial charge in [-0.05, 0) is 49.2 Å². The second kappa shape index (κ2) is 9.17. The summed E-state index contributed by atoms with van der Waals surface area (Å²) in [5.41, 5.74) is 1.09. The highest BCUT2D eigenvalue weighted by molar-refractivity contribution is 7.92. The van der Waals surface area contributed by atoms with Crippen LogP contribution in [0.1, 0.15) is 42.2 Å². The van der Waals surface area contributed by atoms with Gasteiger partial charge in [0.15, 0.2) is 0 Å². The summed E-state index contributed by atoms with van der Waals surface area (Å²) in [4.78, 5) is 12.5. The molecule has 0 aromatic heterocycles. The average Bonchev–Trinajstić information content (AvgIpc) is 2.60. The first-order chi connectivity index (χ1) is 13.5. The van der Waals surface area contributed by atoms with Gasteiger partial charge in [-0.3, -0.25) is 9.52 Å². The molecule has 29 heavy (non-hydrogen) atoms. The number of anilines is 1. The van der Waals surface area contributed by atoms with Crippen molar-refractivity contribution in [1.82, 2.24) is 5.32 Å². The molecule has 0 saturated heterocycles. The molecule has 2 aromatic rings. The molecule has 2 N–H and O–H groups in total. The topological polar surface area (TPSA) is 84.5 Å². The maximum absolute atomic E-state index is 12.5. The minimum Gasteiger partial charge on any atom is -0.406 e. The molecule has 0 fully saturated rings. The Morgan fingerprint density at radius 3 is 2.38 bits per heavy atom. The number of nitrogens with one attached hydrogen (secondary N) is 2. The molecule has 0 aliphatic carbocycles. The van der Waals surface area contributed by atoms with E-state index < -0.39 is 28.3 Å². The van der Waals surface area contributed by atoms with E-state index in [4.69, 9.17) is 0 Å². The lowest BCUT2D eigenvalue weighted by Gasteiger charge is -2.16. The first-order valence-electron chi connectivity index (χ1n) is 8.76. The third kappa shape index (κ3) is 7.30. The van der Waals surface area contributed by atoms with E-state index in [0.29, 0.717) is 12.0 Å². The smallest absolute Gasteiger partial charge is 0.406 e. The normalized spacial score (nSPS) is 12.9. The Morgan fingerprint density at radius 1 is 1.14 bits per heavy atom. The average molecular weight is 430 g/mol. The maximum atomic E-state index is 12.5. The van der Waals surface area contributed by atoms with Crippen LogP contribution in [-0.2, 0) is 10.0 Å². The van der Waals surface area contributed by atoms with Gasteiger partial charge >= 0.3 is 6.36 Å². The number of hydrogen-bond acceptors (Lipinski definition) is 4. The lowest BCUT2D eigenvalue weighted by atomic mass is 10.1. The quantitative estimate of drug-likeness (QED) is 0.657. The first kappa shape index (κ1) is 22.5. The molecular formula is C19H21F3N2O4S. The molecule has 1 atom stereocenters. The number of halogens is 3. The van der Waals surface area contributed by atoms with Crippen LogP contribution < -0.4 is 14.8 Å². The Labute approximate surface area is 167 Å². The number of sulfonamides is 1. The first-order valence-corrected chi connectivity index (χ1v) is 10.4. The lowest BCUT2D eigenvalue weighted by molar-refractivity contribution is -0.274. The number of carbonyl (C=O) groups excluding carboxylic acids is 1. The van der Waals surface area contributed by atoms with Gasteiger partial charge < -0.3 is 10.1 Å². The molecule has 0 spiro atoms. The fourth-order valence-corrected chi connectivity index (χ4v) is 3.67. The van der Waals surface area contributed by atoms with E-state index in [-0.39, 0.29) is 22.8 Å². The SMILES string of the molecule is CCCS(=O)(=O)Nc1cccc(C(=O)NC(C)c2ccc(OC(F)(F)F)cc2)c1.